The predicted molar refractivity (Wildman–Crippen MR) is 133 cm³/mol. The molecular weight excluding hydrogens is 443 g/mol. The number of tetrazole rings is 1. The van der Waals surface area contributed by atoms with Gasteiger partial charge < -0.3 is 9.64 Å². The SMILES string of the molecule is COc1ccccc1C(c1nnnn1CCc1ccccc1)N1CCN(c2ccccc2F)CC1. The average molecular weight is 473 g/mol. The van der Waals surface area contributed by atoms with Crippen molar-refractivity contribution >= 4 is 5.69 Å². The lowest BCUT2D eigenvalue weighted by Gasteiger charge is -2.40. The number of halogens is 1. The molecule has 0 aliphatic carbocycles. The normalized spacial score (nSPS) is 15.2. The molecule has 1 aliphatic rings. The maximum atomic E-state index is 14.4. The summed E-state index contributed by atoms with van der Waals surface area (Å²) in [6.45, 7) is 3.56. The van der Waals surface area contributed by atoms with Crippen LogP contribution in [0.2, 0.25) is 0 Å². The van der Waals surface area contributed by atoms with E-state index in [0.717, 1.165) is 36.6 Å². The van der Waals surface area contributed by atoms with Crippen molar-refractivity contribution in [1.82, 2.24) is 25.1 Å². The largest absolute Gasteiger partial charge is 0.496 e. The van der Waals surface area contributed by atoms with Crippen LogP contribution in [0.15, 0.2) is 78.9 Å². The maximum absolute atomic E-state index is 14.4. The highest BCUT2D eigenvalue weighted by molar-refractivity contribution is 5.48. The van der Waals surface area contributed by atoms with E-state index in [0.29, 0.717) is 25.3 Å². The lowest BCUT2D eigenvalue weighted by atomic mass is 10.0. The highest BCUT2D eigenvalue weighted by Gasteiger charge is 2.32. The number of hydrogen-bond acceptors (Lipinski definition) is 6. The molecule has 1 aliphatic heterocycles. The molecule has 2 heterocycles. The van der Waals surface area contributed by atoms with Gasteiger partial charge in [0.15, 0.2) is 5.82 Å². The predicted octanol–water partition coefficient (Wildman–Crippen LogP) is 3.98. The Bertz CT molecular complexity index is 1240. The Labute approximate surface area is 204 Å². The van der Waals surface area contributed by atoms with Crippen LogP contribution in [0.3, 0.4) is 0 Å². The molecule has 4 aromatic rings. The fourth-order valence-electron chi connectivity index (χ4n) is 4.77. The quantitative estimate of drug-likeness (QED) is 0.387. The van der Waals surface area contributed by atoms with E-state index in [1.54, 1.807) is 13.2 Å². The molecule has 35 heavy (non-hydrogen) atoms. The van der Waals surface area contributed by atoms with E-state index in [4.69, 9.17) is 4.74 Å². The van der Waals surface area contributed by atoms with Crippen molar-refractivity contribution in [1.29, 1.82) is 0 Å². The van der Waals surface area contributed by atoms with Gasteiger partial charge in [-0.25, -0.2) is 9.07 Å². The zero-order valence-electron chi connectivity index (χ0n) is 19.8. The van der Waals surface area contributed by atoms with Gasteiger partial charge in [-0.1, -0.05) is 60.7 Å². The Morgan fingerprint density at radius 1 is 0.886 bits per heavy atom. The number of piperazine rings is 1. The fourth-order valence-corrected chi connectivity index (χ4v) is 4.77. The van der Waals surface area contributed by atoms with Crippen molar-refractivity contribution in [3.05, 3.63) is 102 Å². The number of anilines is 1. The van der Waals surface area contributed by atoms with Crippen LogP contribution in [-0.2, 0) is 13.0 Å². The van der Waals surface area contributed by atoms with E-state index >= 15 is 0 Å². The minimum atomic E-state index is -0.188. The average Bonchev–Trinajstić information content (AvgIpc) is 3.37. The van der Waals surface area contributed by atoms with Gasteiger partial charge in [0.25, 0.3) is 0 Å². The summed E-state index contributed by atoms with van der Waals surface area (Å²) >= 11 is 0. The molecule has 1 aromatic heterocycles. The van der Waals surface area contributed by atoms with Crippen LogP contribution in [0.4, 0.5) is 10.1 Å². The summed E-state index contributed by atoms with van der Waals surface area (Å²) in [6, 6.07) is 25.1. The molecular formula is C27H29FN6O. The van der Waals surface area contributed by atoms with Crippen LogP contribution < -0.4 is 9.64 Å². The molecule has 0 N–H and O–H groups in total. The van der Waals surface area contributed by atoms with Gasteiger partial charge >= 0.3 is 0 Å². The number of aryl methyl sites for hydroxylation is 2. The topological polar surface area (TPSA) is 59.3 Å². The van der Waals surface area contributed by atoms with Crippen molar-refractivity contribution in [3.63, 3.8) is 0 Å². The third-order valence-electron chi connectivity index (χ3n) is 6.57. The highest BCUT2D eigenvalue weighted by Crippen LogP contribution is 2.35. The molecule has 8 heteroatoms. The van der Waals surface area contributed by atoms with Crippen molar-refractivity contribution in [2.24, 2.45) is 0 Å². The Hall–Kier alpha value is -3.78. The van der Waals surface area contributed by atoms with Crippen molar-refractivity contribution < 1.29 is 9.13 Å². The monoisotopic (exact) mass is 472 g/mol. The van der Waals surface area contributed by atoms with Gasteiger partial charge in [-0.3, -0.25) is 4.90 Å². The minimum absolute atomic E-state index is 0.181. The number of para-hydroxylation sites is 2. The van der Waals surface area contributed by atoms with Crippen LogP contribution in [0.1, 0.15) is 23.0 Å². The summed E-state index contributed by atoms with van der Waals surface area (Å²) in [5.74, 6) is 1.39. The van der Waals surface area contributed by atoms with E-state index < -0.39 is 0 Å². The van der Waals surface area contributed by atoms with E-state index in [1.165, 1.54) is 11.6 Å². The van der Waals surface area contributed by atoms with Gasteiger partial charge in [-0.15, -0.1) is 5.10 Å². The molecule has 1 fully saturated rings. The van der Waals surface area contributed by atoms with Gasteiger partial charge in [0.2, 0.25) is 0 Å². The van der Waals surface area contributed by atoms with Gasteiger partial charge in [0.05, 0.1) is 12.8 Å². The van der Waals surface area contributed by atoms with Gasteiger partial charge in [0, 0.05) is 38.3 Å². The maximum Gasteiger partial charge on any atom is 0.173 e. The second kappa shape index (κ2) is 10.7. The number of benzene rings is 3. The molecule has 5 rings (SSSR count). The number of rotatable bonds is 8. The van der Waals surface area contributed by atoms with Gasteiger partial charge in [-0.05, 0) is 40.6 Å². The van der Waals surface area contributed by atoms with E-state index in [2.05, 4.69) is 43.5 Å². The molecule has 0 radical (unpaired) electrons. The van der Waals surface area contributed by atoms with Crippen LogP contribution in [0, 0.1) is 5.82 Å². The second-order valence-electron chi connectivity index (χ2n) is 8.61. The van der Waals surface area contributed by atoms with Crippen LogP contribution in [-0.4, -0.2) is 58.4 Å². The summed E-state index contributed by atoms with van der Waals surface area (Å²) < 4.78 is 22.0. The third-order valence-corrected chi connectivity index (χ3v) is 6.57. The summed E-state index contributed by atoms with van der Waals surface area (Å²) in [6.07, 6.45) is 0.832. The standard InChI is InChI=1S/C27H29FN6O/c1-35-25-14-8-5-11-22(25)26(27-29-30-31-34(27)16-15-21-9-3-2-4-10-21)33-19-17-32(18-20-33)24-13-7-6-12-23(24)28/h2-14,26H,15-20H2,1H3. The van der Waals surface area contributed by atoms with Gasteiger partial charge in [-0.2, -0.15) is 0 Å². The highest BCUT2D eigenvalue weighted by atomic mass is 19.1. The summed E-state index contributed by atoms with van der Waals surface area (Å²) in [5.41, 5.74) is 2.90. The Kier molecular flexibility index (Phi) is 6.99. The number of nitrogens with zero attached hydrogens (tertiary/aromatic N) is 6. The molecule has 180 valence electrons. The molecule has 1 unspecified atom stereocenters. The van der Waals surface area contributed by atoms with Crippen LogP contribution in [0.25, 0.3) is 0 Å². The van der Waals surface area contributed by atoms with Crippen LogP contribution >= 0.6 is 0 Å². The summed E-state index contributed by atoms with van der Waals surface area (Å²) in [4.78, 5) is 4.46. The van der Waals surface area contributed by atoms with Gasteiger partial charge in [0.1, 0.15) is 17.6 Å². The number of aromatic nitrogens is 4. The first-order chi connectivity index (χ1) is 17.2. The molecule has 7 nitrogen and oxygen atoms in total. The smallest absolute Gasteiger partial charge is 0.173 e. The Balaban J connectivity index is 1.42. The number of ether oxygens (including phenoxy) is 1. The molecule has 0 saturated carbocycles. The minimum Gasteiger partial charge on any atom is -0.496 e. The number of hydrogen-bond donors (Lipinski definition) is 0. The first-order valence-electron chi connectivity index (χ1n) is 11.9. The zero-order valence-corrected chi connectivity index (χ0v) is 19.8. The first-order valence-corrected chi connectivity index (χ1v) is 11.9. The lowest BCUT2D eigenvalue weighted by Crippen LogP contribution is -2.48. The van der Waals surface area contributed by atoms with E-state index in [9.17, 15) is 4.39 Å². The molecule has 0 bridgehead atoms. The van der Waals surface area contributed by atoms with E-state index in [1.807, 2.05) is 53.2 Å². The molecule has 1 saturated heterocycles. The van der Waals surface area contributed by atoms with Crippen molar-refractivity contribution in [2.45, 2.75) is 19.0 Å². The Morgan fingerprint density at radius 3 is 2.37 bits per heavy atom. The summed E-state index contributed by atoms with van der Waals surface area (Å²) in [7, 11) is 1.68. The van der Waals surface area contributed by atoms with E-state index in [-0.39, 0.29) is 11.9 Å². The molecule has 3 aromatic carbocycles. The lowest BCUT2D eigenvalue weighted by molar-refractivity contribution is 0.197. The first kappa shape index (κ1) is 23.0. The van der Waals surface area contributed by atoms with Crippen molar-refractivity contribution in [3.8, 4) is 5.75 Å². The molecule has 0 spiro atoms. The molecule has 1 atom stereocenters. The third kappa shape index (κ3) is 5.02. The van der Waals surface area contributed by atoms with Crippen molar-refractivity contribution in [2.75, 3.05) is 38.2 Å². The fraction of sp³-hybridized carbons (Fsp3) is 0.296. The Morgan fingerprint density at radius 2 is 1.60 bits per heavy atom. The zero-order chi connectivity index (χ0) is 24.0. The van der Waals surface area contributed by atoms with Crippen LogP contribution in [0.5, 0.6) is 5.75 Å². The molecule has 0 amide bonds. The second-order valence-corrected chi connectivity index (χ2v) is 8.61. The summed E-state index contributed by atoms with van der Waals surface area (Å²) in [5, 5.41) is 12.8. The number of methoxy groups -OCH3 is 1.